The molecular weight excluding hydrogens is 206 g/mol. The summed E-state index contributed by atoms with van der Waals surface area (Å²) in [5.41, 5.74) is 1.18. The Morgan fingerprint density at radius 3 is 2.81 bits per heavy atom. The van der Waals surface area contributed by atoms with E-state index in [1.807, 2.05) is 0 Å². The summed E-state index contributed by atoms with van der Waals surface area (Å²) in [5, 5.41) is 15.7. The van der Waals surface area contributed by atoms with Gasteiger partial charge in [0.05, 0.1) is 12.2 Å². The lowest BCUT2D eigenvalue weighted by Gasteiger charge is -2.18. The van der Waals surface area contributed by atoms with E-state index in [0.717, 1.165) is 0 Å². The summed E-state index contributed by atoms with van der Waals surface area (Å²) in [7, 11) is 5.09. The van der Waals surface area contributed by atoms with Gasteiger partial charge in [0, 0.05) is 21.1 Å². The summed E-state index contributed by atoms with van der Waals surface area (Å²) < 4.78 is 1.61. The van der Waals surface area contributed by atoms with Crippen molar-refractivity contribution < 1.29 is 4.79 Å². The van der Waals surface area contributed by atoms with Gasteiger partial charge in [0.15, 0.2) is 0 Å². The number of likely N-dealkylation sites (N-methyl/N-ethyl adjacent to an activating group) is 2. The minimum absolute atomic E-state index is 0.106. The van der Waals surface area contributed by atoms with Crippen molar-refractivity contribution in [3.63, 3.8) is 0 Å². The minimum Gasteiger partial charge on any atom is -0.358 e. The van der Waals surface area contributed by atoms with Gasteiger partial charge in [0.1, 0.15) is 17.5 Å². The molecule has 0 saturated carbocycles. The molecule has 0 unspecified atom stereocenters. The molecule has 1 amide bonds. The molecule has 1 aromatic rings. The molecule has 0 atom stereocenters. The molecule has 1 rings (SSSR count). The Kier molecular flexibility index (Phi) is 3.51. The summed E-state index contributed by atoms with van der Waals surface area (Å²) in [4.78, 5) is 13.0. The first-order valence-corrected chi connectivity index (χ1v) is 4.86. The fraction of sp³-hybridized carbons (Fsp3) is 0.500. The second-order valence-electron chi connectivity index (χ2n) is 3.55. The number of nitriles is 1. The molecule has 0 aliphatic rings. The number of hydrogen-bond acceptors (Lipinski definition) is 4. The van der Waals surface area contributed by atoms with Gasteiger partial charge >= 0.3 is 0 Å². The largest absolute Gasteiger partial charge is 0.358 e. The molecule has 6 heteroatoms. The first-order chi connectivity index (χ1) is 7.51. The highest BCUT2D eigenvalue weighted by Crippen LogP contribution is 2.20. The molecule has 6 nitrogen and oxygen atoms in total. The van der Waals surface area contributed by atoms with E-state index in [2.05, 4.69) is 16.5 Å². The van der Waals surface area contributed by atoms with E-state index in [-0.39, 0.29) is 12.5 Å². The average molecular weight is 221 g/mol. The van der Waals surface area contributed by atoms with Crippen molar-refractivity contribution in [3.05, 3.63) is 11.3 Å². The van der Waals surface area contributed by atoms with Crippen LogP contribution in [0.25, 0.3) is 0 Å². The number of rotatable bonds is 3. The van der Waals surface area contributed by atoms with E-state index in [9.17, 15) is 4.79 Å². The van der Waals surface area contributed by atoms with Crippen LogP contribution in [0, 0.1) is 18.3 Å². The Bertz CT molecular complexity index is 443. The third kappa shape index (κ3) is 2.14. The quantitative estimate of drug-likeness (QED) is 0.766. The van der Waals surface area contributed by atoms with Crippen molar-refractivity contribution >= 4 is 11.7 Å². The molecule has 1 heterocycles. The van der Waals surface area contributed by atoms with Crippen LogP contribution in [0.4, 0.5) is 5.82 Å². The van der Waals surface area contributed by atoms with E-state index in [1.165, 1.54) is 0 Å². The van der Waals surface area contributed by atoms with Gasteiger partial charge in [-0.1, -0.05) is 0 Å². The van der Waals surface area contributed by atoms with E-state index >= 15 is 0 Å². The van der Waals surface area contributed by atoms with Gasteiger partial charge in [-0.05, 0) is 6.92 Å². The second-order valence-corrected chi connectivity index (χ2v) is 3.55. The van der Waals surface area contributed by atoms with E-state index in [1.54, 1.807) is 37.6 Å². The summed E-state index contributed by atoms with van der Waals surface area (Å²) in [6.45, 7) is 1.97. The molecule has 0 radical (unpaired) electrons. The number of anilines is 1. The van der Waals surface area contributed by atoms with Crippen molar-refractivity contribution in [1.29, 1.82) is 5.26 Å². The summed E-state index contributed by atoms with van der Waals surface area (Å²) >= 11 is 0. The van der Waals surface area contributed by atoms with Crippen LogP contribution < -0.4 is 10.2 Å². The monoisotopic (exact) mass is 221 g/mol. The Labute approximate surface area is 94.5 Å². The maximum atomic E-state index is 11.2. The van der Waals surface area contributed by atoms with E-state index in [0.29, 0.717) is 17.1 Å². The van der Waals surface area contributed by atoms with Crippen molar-refractivity contribution in [3.8, 4) is 6.07 Å². The number of nitrogens with one attached hydrogen (secondary N) is 1. The highest BCUT2D eigenvalue weighted by atomic mass is 16.1. The zero-order valence-corrected chi connectivity index (χ0v) is 9.90. The summed E-state index contributed by atoms with van der Waals surface area (Å²) in [6, 6.07) is 2.10. The number of carbonyl (C=O) groups excluding carboxylic acids is 1. The Morgan fingerprint density at radius 1 is 1.69 bits per heavy atom. The van der Waals surface area contributed by atoms with Crippen LogP contribution in [-0.2, 0) is 11.8 Å². The van der Waals surface area contributed by atoms with Gasteiger partial charge in [-0.15, -0.1) is 0 Å². The predicted octanol–water partition coefficient (Wildman–Crippen LogP) is -0.218. The van der Waals surface area contributed by atoms with Crippen LogP contribution in [-0.4, -0.2) is 36.3 Å². The van der Waals surface area contributed by atoms with Gasteiger partial charge in [-0.2, -0.15) is 10.4 Å². The standard InChI is InChI=1S/C10H15N5O/c1-7-8(5-11)10(15(4)13-7)14(3)6-9(16)12-2/h6H2,1-4H3,(H,12,16). The normalized spacial score (nSPS) is 9.69. The molecule has 16 heavy (non-hydrogen) atoms. The molecule has 86 valence electrons. The van der Waals surface area contributed by atoms with Crippen LogP contribution in [0.1, 0.15) is 11.3 Å². The van der Waals surface area contributed by atoms with Crippen LogP contribution in [0.5, 0.6) is 0 Å². The fourth-order valence-electron chi connectivity index (χ4n) is 1.58. The smallest absolute Gasteiger partial charge is 0.239 e. The maximum absolute atomic E-state index is 11.2. The number of aryl methyl sites for hydroxylation is 2. The Hall–Kier alpha value is -2.03. The summed E-state index contributed by atoms with van der Waals surface area (Å²) in [6.07, 6.45) is 0. The van der Waals surface area contributed by atoms with Crippen molar-refractivity contribution in [1.82, 2.24) is 15.1 Å². The Balaban J connectivity index is 3.04. The highest BCUT2D eigenvalue weighted by Gasteiger charge is 2.17. The highest BCUT2D eigenvalue weighted by molar-refractivity contribution is 5.81. The minimum atomic E-state index is -0.106. The predicted molar refractivity (Wildman–Crippen MR) is 60.0 cm³/mol. The van der Waals surface area contributed by atoms with Crippen molar-refractivity contribution in [2.75, 3.05) is 25.5 Å². The lowest BCUT2D eigenvalue weighted by atomic mass is 10.2. The SMILES string of the molecule is CNC(=O)CN(C)c1c(C#N)c(C)nn1C. The first kappa shape index (κ1) is 12.0. The second kappa shape index (κ2) is 4.66. The first-order valence-electron chi connectivity index (χ1n) is 4.86. The molecule has 0 saturated heterocycles. The van der Waals surface area contributed by atoms with E-state index in [4.69, 9.17) is 5.26 Å². The van der Waals surface area contributed by atoms with E-state index < -0.39 is 0 Å². The number of hydrogen-bond donors (Lipinski definition) is 1. The van der Waals surface area contributed by atoms with Gasteiger partial charge in [-0.25, -0.2) is 0 Å². The molecule has 0 spiro atoms. The van der Waals surface area contributed by atoms with Crippen LogP contribution in [0.15, 0.2) is 0 Å². The van der Waals surface area contributed by atoms with Gasteiger partial charge in [0.2, 0.25) is 5.91 Å². The average Bonchev–Trinajstić information content (AvgIpc) is 2.52. The maximum Gasteiger partial charge on any atom is 0.239 e. The van der Waals surface area contributed by atoms with Gasteiger partial charge in [0.25, 0.3) is 0 Å². The van der Waals surface area contributed by atoms with Gasteiger partial charge < -0.3 is 10.2 Å². The Morgan fingerprint density at radius 2 is 2.31 bits per heavy atom. The van der Waals surface area contributed by atoms with Gasteiger partial charge in [-0.3, -0.25) is 9.48 Å². The number of nitrogens with zero attached hydrogens (tertiary/aromatic N) is 4. The van der Waals surface area contributed by atoms with Crippen LogP contribution >= 0.6 is 0 Å². The number of aromatic nitrogens is 2. The zero-order chi connectivity index (χ0) is 12.3. The molecular formula is C10H15N5O. The molecule has 0 aliphatic carbocycles. The molecule has 0 aromatic carbocycles. The third-order valence-electron chi connectivity index (χ3n) is 2.32. The van der Waals surface area contributed by atoms with Crippen molar-refractivity contribution in [2.45, 2.75) is 6.92 Å². The molecule has 0 fully saturated rings. The molecule has 0 bridgehead atoms. The van der Waals surface area contributed by atoms with Crippen LogP contribution in [0.2, 0.25) is 0 Å². The molecule has 1 aromatic heterocycles. The molecule has 1 N–H and O–H groups in total. The zero-order valence-electron chi connectivity index (χ0n) is 9.90. The number of carbonyl (C=O) groups is 1. The summed E-state index contributed by atoms with van der Waals surface area (Å²) in [5.74, 6) is 0.550. The fourth-order valence-corrected chi connectivity index (χ4v) is 1.58. The molecule has 0 aliphatic heterocycles. The lowest BCUT2D eigenvalue weighted by molar-refractivity contribution is -0.119. The topological polar surface area (TPSA) is 74.0 Å². The van der Waals surface area contributed by atoms with Crippen molar-refractivity contribution in [2.24, 2.45) is 7.05 Å². The lowest BCUT2D eigenvalue weighted by Crippen LogP contribution is -2.34. The number of amides is 1. The van der Waals surface area contributed by atoms with Crippen LogP contribution in [0.3, 0.4) is 0 Å². The third-order valence-corrected chi connectivity index (χ3v) is 2.32.